The molecule has 0 saturated carbocycles. The summed E-state index contributed by atoms with van der Waals surface area (Å²) in [5.41, 5.74) is 0. The molecule has 2 rings (SSSR count). The second kappa shape index (κ2) is 5.48. The van der Waals surface area contributed by atoms with Crippen molar-refractivity contribution in [2.75, 3.05) is 20.2 Å². The number of hydrogen-bond donors (Lipinski definition) is 0. The molecule has 1 unspecified atom stereocenters. The van der Waals surface area contributed by atoms with Gasteiger partial charge in [0.05, 0.1) is 13.0 Å². The van der Waals surface area contributed by atoms with Gasteiger partial charge in [0.2, 0.25) is 0 Å². The number of allylic oxidation sites excluding steroid dienone is 1. The Labute approximate surface area is 97.5 Å². The Balaban J connectivity index is 1.82. The zero-order valence-electron chi connectivity index (χ0n) is 10.0. The van der Waals surface area contributed by atoms with E-state index in [1.54, 1.807) is 0 Å². The second-order valence-electron chi connectivity index (χ2n) is 4.76. The molecule has 1 atom stereocenters. The Morgan fingerprint density at radius 1 is 1.31 bits per heavy atom. The van der Waals surface area contributed by atoms with Gasteiger partial charge >= 0.3 is 5.97 Å². The molecule has 0 amide bonds. The van der Waals surface area contributed by atoms with E-state index >= 15 is 0 Å². The van der Waals surface area contributed by atoms with Crippen LogP contribution < -0.4 is 0 Å². The van der Waals surface area contributed by atoms with Crippen molar-refractivity contribution in [3.63, 3.8) is 0 Å². The monoisotopic (exact) mass is 223 g/mol. The molecule has 1 aliphatic heterocycles. The smallest absolute Gasteiger partial charge is 0.308 e. The molecule has 3 heteroatoms. The van der Waals surface area contributed by atoms with Crippen molar-refractivity contribution >= 4 is 5.97 Å². The Hall–Kier alpha value is -0.830. The van der Waals surface area contributed by atoms with Crippen molar-refractivity contribution in [3.8, 4) is 0 Å². The first kappa shape index (κ1) is 11.6. The predicted molar refractivity (Wildman–Crippen MR) is 63.1 cm³/mol. The maximum absolute atomic E-state index is 11.4. The zero-order chi connectivity index (χ0) is 11.4. The molecule has 0 N–H and O–H groups in total. The normalized spacial score (nSPS) is 27.9. The van der Waals surface area contributed by atoms with Crippen molar-refractivity contribution in [2.24, 2.45) is 5.92 Å². The standard InChI is InChI=1S/C13H21NO2/c1-16-13(15)11-7-9-14(10-8-11)12-5-3-2-4-6-12/h3,5,11-12H,2,4,6-10H2,1H3. The fraction of sp³-hybridized carbons (Fsp3) is 0.769. The Bertz CT molecular complexity index is 267. The van der Waals surface area contributed by atoms with Crippen LogP contribution in [0, 0.1) is 5.92 Å². The zero-order valence-corrected chi connectivity index (χ0v) is 10.0. The van der Waals surface area contributed by atoms with Gasteiger partial charge in [0.15, 0.2) is 0 Å². The van der Waals surface area contributed by atoms with Crippen LogP contribution in [-0.4, -0.2) is 37.1 Å². The van der Waals surface area contributed by atoms with Crippen LogP contribution >= 0.6 is 0 Å². The predicted octanol–water partition coefficient (Wildman–Crippen LogP) is 1.98. The molecule has 0 radical (unpaired) electrons. The number of likely N-dealkylation sites (tertiary alicyclic amines) is 1. The summed E-state index contributed by atoms with van der Waals surface area (Å²) in [7, 11) is 1.48. The first-order valence-electron chi connectivity index (χ1n) is 6.30. The van der Waals surface area contributed by atoms with Gasteiger partial charge in [-0.3, -0.25) is 9.69 Å². The molecule has 3 nitrogen and oxygen atoms in total. The van der Waals surface area contributed by atoms with Gasteiger partial charge < -0.3 is 4.74 Å². The van der Waals surface area contributed by atoms with E-state index in [9.17, 15) is 4.79 Å². The summed E-state index contributed by atoms with van der Waals surface area (Å²) in [6.45, 7) is 2.07. The second-order valence-corrected chi connectivity index (χ2v) is 4.76. The van der Waals surface area contributed by atoms with Gasteiger partial charge in [-0.05, 0) is 45.2 Å². The molecule has 0 aromatic carbocycles. The highest BCUT2D eigenvalue weighted by molar-refractivity contribution is 5.72. The molecule has 0 bridgehead atoms. The number of methoxy groups -OCH3 is 1. The fourth-order valence-corrected chi connectivity index (χ4v) is 2.73. The number of carbonyl (C=O) groups is 1. The van der Waals surface area contributed by atoms with Crippen LogP contribution in [0.2, 0.25) is 0 Å². The minimum atomic E-state index is -0.0289. The van der Waals surface area contributed by atoms with Crippen LogP contribution in [0.3, 0.4) is 0 Å². The Kier molecular flexibility index (Phi) is 3.99. The molecule has 16 heavy (non-hydrogen) atoms. The van der Waals surface area contributed by atoms with Gasteiger partial charge in [-0.15, -0.1) is 0 Å². The van der Waals surface area contributed by atoms with Gasteiger partial charge in [0, 0.05) is 6.04 Å². The van der Waals surface area contributed by atoms with E-state index in [1.165, 1.54) is 26.4 Å². The molecule has 0 aromatic heterocycles. The molecule has 1 heterocycles. The molecular formula is C13H21NO2. The highest BCUT2D eigenvalue weighted by Gasteiger charge is 2.28. The van der Waals surface area contributed by atoms with E-state index in [4.69, 9.17) is 4.74 Å². The van der Waals surface area contributed by atoms with Crippen LogP contribution in [0.25, 0.3) is 0 Å². The van der Waals surface area contributed by atoms with E-state index in [2.05, 4.69) is 17.1 Å². The SMILES string of the molecule is COC(=O)C1CCN(C2C=CCCC2)CC1. The topological polar surface area (TPSA) is 29.5 Å². The van der Waals surface area contributed by atoms with Crippen LogP contribution in [-0.2, 0) is 9.53 Å². The molecule has 1 aliphatic carbocycles. The fourth-order valence-electron chi connectivity index (χ4n) is 2.73. The third kappa shape index (κ3) is 2.64. The maximum Gasteiger partial charge on any atom is 0.308 e. The van der Waals surface area contributed by atoms with Gasteiger partial charge in [-0.1, -0.05) is 12.2 Å². The lowest BCUT2D eigenvalue weighted by Crippen LogP contribution is -2.42. The van der Waals surface area contributed by atoms with E-state index in [0.29, 0.717) is 6.04 Å². The van der Waals surface area contributed by atoms with E-state index < -0.39 is 0 Å². The number of carbonyl (C=O) groups excluding carboxylic acids is 1. The van der Waals surface area contributed by atoms with Crippen LogP contribution in [0.1, 0.15) is 32.1 Å². The first-order chi connectivity index (χ1) is 7.81. The summed E-state index contributed by atoms with van der Waals surface area (Å²) in [5.74, 6) is 0.104. The van der Waals surface area contributed by atoms with Gasteiger partial charge in [0.25, 0.3) is 0 Å². The lowest BCUT2D eigenvalue weighted by Gasteiger charge is -2.36. The van der Waals surface area contributed by atoms with Crippen molar-refractivity contribution < 1.29 is 9.53 Å². The van der Waals surface area contributed by atoms with Gasteiger partial charge in [-0.2, -0.15) is 0 Å². The number of rotatable bonds is 2. The minimum Gasteiger partial charge on any atom is -0.469 e. The molecule has 90 valence electrons. The number of nitrogens with zero attached hydrogens (tertiary/aromatic N) is 1. The van der Waals surface area contributed by atoms with Crippen LogP contribution in [0.5, 0.6) is 0 Å². The van der Waals surface area contributed by atoms with Crippen molar-refractivity contribution in [3.05, 3.63) is 12.2 Å². The summed E-state index contributed by atoms with van der Waals surface area (Å²) < 4.78 is 4.80. The Morgan fingerprint density at radius 2 is 2.06 bits per heavy atom. The average Bonchev–Trinajstić information content (AvgIpc) is 2.39. The lowest BCUT2D eigenvalue weighted by molar-refractivity contribution is -0.147. The quantitative estimate of drug-likeness (QED) is 0.529. The van der Waals surface area contributed by atoms with Crippen LogP contribution in [0.4, 0.5) is 0 Å². The maximum atomic E-state index is 11.4. The number of hydrogen-bond acceptors (Lipinski definition) is 3. The first-order valence-corrected chi connectivity index (χ1v) is 6.30. The largest absolute Gasteiger partial charge is 0.469 e. The van der Waals surface area contributed by atoms with E-state index in [-0.39, 0.29) is 11.9 Å². The summed E-state index contributed by atoms with van der Waals surface area (Å²) in [4.78, 5) is 13.9. The summed E-state index contributed by atoms with van der Waals surface area (Å²) in [5, 5.41) is 0. The summed E-state index contributed by atoms with van der Waals surface area (Å²) in [6.07, 6.45) is 10.4. The lowest BCUT2D eigenvalue weighted by atomic mass is 9.93. The average molecular weight is 223 g/mol. The summed E-state index contributed by atoms with van der Waals surface area (Å²) in [6, 6.07) is 0.618. The van der Waals surface area contributed by atoms with E-state index in [0.717, 1.165) is 25.9 Å². The van der Waals surface area contributed by atoms with Gasteiger partial charge in [-0.25, -0.2) is 0 Å². The summed E-state index contributed by atoms with van der Waals surface area (Å²) >= 11 is 0. The molecule has 1 saturated heterocycles. The molecule has 2 aliphatic rings. The molecule has 0 aromatic rings. The number of piperidine rings is 1. The van der Waals surface area contributed by atoms with Crippen molar-refractivity contribution in [2.45, 2.75) is 38.1 Å². The number of ether oxygens (including phenoxy) is 1. The molecule has 0 spiro atoms. The van der Waals surface area contributed by atoms with E-state index in [1.807, 2.05) is 0 Å². The van der Waals surface area contributed by atoms with Crippen molar-refractivity contribution in [1.82, 2.24) is 4.90 Å². The van der Waals surface area contributed by atoms with Crippen molar-refractivity contribution in [1.29, 1.82) is 0 Å². The minimum absolute atomic E-state index is 0.0289. The highest BCUT2D eigenvalue weighted by Crippen LogP contribution is 2.24. The molecular weight excluding hydrogens is 202 g/mol. The third-order valence-corrected chi connectivity index (χ3v) is 3.76. The molecule has 1 fully saturated rings. The third-order valence-electron chi connectivity index (χ3n) is 3.76. The number of esters is 1. The van der Waals surface area contributed by atoms with Crippen LogP contribution in [0.15, 0.2) is 12.2 Å². The highest BCUT2D eigenvalue weighted by atomic mass is 16.5. The Morgan fingerprint density at radius 3 is 2.62 bits per heavy atom. The van der Waals surface area contributed by atoms with Gasteiger partial charge in [0.1, 0.15) is 0 Å².